The van der Waals surface area contributed by atoms with E-state index in [1.54, 1.807) is 0 Å². The number of aromatic nitrogens is 2. The number of carboxylic acid groups (broad SMARTS) is 1. The number of carboxylic acids is 1. The molecule has 0 spiro atoms. The Morgan fingerprint density at radius 2 is 2.22 bits per heavy atom. The molecule has 9 heteroatoms. The number of aryl methyl sites for hydroxylation is 2. The van der Waals surface area contributed by atoms with Crippen molar-refractivity contribution in [2.75, 3.05) is 25.1 Å². The lowest BCUT2D eigenvalue weighted by atomic mass is 10.0. The molecule has 0 fully saturated rings. The van der Waals surface area contributed by atoms with Gasteiger partial charge in [0.25, 0.3) is 0 Å². The molecular formula is C23H30ClFN4O3. The number of hydrogen-bond donors (Lipinski definition) is 3. The number of fused-ring (bicyclic) bond motifs is 1. The normalized spacial score (nSPS) is 15.0. The predicted octanol–water partition coefficient (Wildman–Crippen LogP) is 3.85. The largest absolute Gasteiger partial charge is 0.480 e. The molecule has 2 aromatic heterocycles. The van der Waals surface area contributed by atoms with Crippen LogP contribution in [0.15, 0.2) is 24.5 Å². The first kappa shape index (κ1) is 24.4. The zero-order chi connectivity index (χ0) is 22.9. The van der Waals surface area contributed by atoms with E-state index in [9.17, 15) is 14.3 Å². The first-order chi connectivity index (χ1) is 15.4. The molecule has 0 radical (unpaired) electrons. The van der Waals surface area contributed by atoms with E-state index in [4.69, 9.17) is 21.3 Å². The Bertz CT molecular complexity index is 895. The molecule has 3 N–H and O–H groups in total. The number of hydrogen-bond acceptors (Lipinski definition) is 6. The van der Waals surface area contributed by atoms with E-state index in [-0.39, 0.29) is 23.6 Å². The van der Waals surface area contributed by atoms with Gasteiger partial charge >= 0.3 is 5.97 Å². The fourth-order valence-corrected chi connectivity index (χ4v) is 3.83. The molecule has 7 nitrogen and oxygen atoms in total. The van der Waals surface area contributed by atoms with Gasteiger partial charge in [0, 0.05) is 43.8 Å². The highest BCUT2D eigenvalue weighted by molar-refractivity contribution is 6.31. The third kappa shape index (κ3) is 7.12. The average molecular weight is 465 g/mol. The van der Waals surface area contributed by atoms with E-state index in [2.05, 4.69) is 34.7 Å². The van der Waals surface area contributed by atoms with Crippen LogP contribution in [-0.4, -0.2) is 46.8 Å². The summed E-state index contributed by atoms with van der Waals surface area (Å²) >= 11 is 5.94. The molecule has 174 valence electrons. The van der Waals surface area contributed by atoms with Crippen molar-refractivity contribution in [1.29, 1.82) is 0 Å². The fourth-order valence-electron chi connectivity index (χ4n) is 3.62. The van der Waals surface area contributed by atoms with Crippen LogP contribution in [0.4, 0.5) is 10.2 Å². The van der Waals surface area contributed by atoms with Gasteiger partial charge in [-0.05, 0) is 49.7 Å². The van der Waals surface area contributed by atoms with Gasteiger partial charge in [0.15, 0.2) is 0 Å². The highest BCUT2D eigenvalue weighted by atomic mass is 35.5. The highest BCUT2D eigenvalue weighted by Crippen LogP contribution is 2.21. The van der Waals surface area contributed by atoms with Gasteiger partial charge in [0.05, 0.1) is 11.2 Å². The van der Waals surface area contributed by atoms with Crippen LogP contribution in [0.3, 0.4) is 0 Å². The van der Waals surface area contributed by atoms with Gasteiger partial charge in [-0.3, -0.25) is 9.78 Å². The summed E-state index contributed by atoms with van der Waals surface area (Å²) < 4.78 is 19.5. The van der Waals surface area contributed by atoms with Gasteiger partial charge in [-0.1, -0.05) is 24.6 Å². The zero-order valence-electron chi connectivity index (χ0n) is 18.2. The highest BCUT2D eigenvalue weighted by Gasteiger charge is 2.19. The first-order valence-corrected chi connectivity index (χ1v) is 11.4. The molecule has 1 aliphatic heterocycles. The van der Waals surface area contributed by atoms with Crippen LogP contribution in [0.2, 0.25) is 5.02 Å². The molecule has 0 amide bonds. The summed E-state index contributed by atoms with van der Waals surface area (Å²) in [4.78, 5) is 19.9. The van der Waals surface area contributed by atoms with Gasteiger partial charge in [-0.25, -0.2) is 9.37 Å². The SMILES string of the molecule is CC(CCc1ccc2c(n1)NCCC2)COCCC(NCc1c(F)cncc1Cl)C(=O)O. The third-order valence-corrected chi connectivity index (χ3v) is 5.90. The number of ether oxygens (including phenoxy) is 1. The van der Waals surface area contributed by atoms with Gasteiger partial charge in [0.2, 0.25) is 0 Å². The van der Waals surface area contributed by atoms with E-state index in [0.29, 0.717) is 19.1 Å². The van der Waals surface area contributed by atoms with Gasteiger partial charge in [-0.15, -0.1) is 0 Å². The monoisotopic (exact) mass is 464 g/mol. The number of aliphatic carboxylic acids is 1. The number of carbonyl (C=O) groups is 1. The number of pyridine rings is 2. The van der Waals surface area contributed by atoms with Gasteiger partial charge in [0.1, 0.15) is 17.7 Å². The second-order valence-corrected chi connectivity index (χ2v) is 8.61. The first-order valence-electron chi connectivity index (χ1n) is 11.0. The summed E-state index contributed by atoms with van der Waals surface area (Å²) in [5, 5.41) is 15.8. The van der Waals surface area contributed by atoms with Crippen LogP contribution >= 0.6 is 11.6 Å². The minimum Gasteiger partial charge on any atom is -0.480 e. The number of nitrogens with zero attached hydrogens (tertiary/aromatic N) is 2. The van der Waals surface area contributed by atoms with E-state index >= 15 is 0 Å². The molecule has 0 saturated heterocycles. The van der Waals surface area contributed by atoms with Gasteiger partial charge < -0.3 is 20.5 Å². The van der Waals surface area contributed by atoms with Gasteiger partial charge in [-0.2, -0.15) is 0 Å². The summed E-state index contributed by atoms with van der Waals surface area (Å²) in [5.41, 5.74) is 2.56. The maximum Gasteiger partial charge on any atom is 0.320 e. The van der Waals surface area contributed by atoms with Crippen LogP contribution in [-0.2, 0) is 28.9 Å². The Hall–Kier alpha value is -2.29. The number of halogens is 2. The molecule has 0 saturated carbocycles. The molecule has 1 aliphatic rings. The standard InChI is InChI=1S/C23H30ClFN4O3/c1-15(4-6-17-7-5-16-3-2-9-27-22(16)29-17)14-32-10-8-21(23(30)31)28-11-18-19(24)12-26-13-20(18)25/h5,7,12-13,15,21,28H,2-4,6,8-11,14H2,1H3,(H,27,29)(H,30,31). The quantitative estimate of drug-likeness (QED) is 0.410. The Morgan fingerprint density at radius 3 is 3.00 bits per heavy atom. The molecule has 0 bridgehead atoms. The van der Waals surface area contributed by atoms with Crippen molar-refractivity contribution in [1.82, 2.24) is 15.3 Å². The third-order valence-electron chi connectivity index (χ3n) is 5.57. The Morgan fingerprint density at radius 1 is 1.38 bits per heavy atom. The minimum atomic E-state index is -1.01. The van der Waals surface area contributed by atoms with E-state index < -0.39 is 17.8 Å². The Kier molecular flexibility index (Phi) is 9.20. The van der Waals surface area contributed by atoms with Crippen LogP contribution in [0.1, 0.15) is 43.0 Å². The van der Waals surface area contributed by atoms with Crippen molar-refractivity contribution in [3.63, 3.8) is 0 Å². The maximum atomic E-state index is 13.8. The van der Waals surface area contributed by atoms with E-state index in [0.717, 1.165) is 49.9 Å². The van der Waals surface area contributed by atoms with Crippen molar-refractivity contribution < 1.29 is 19.0 Å². The molecule has 2 unspecified atom stereocenters. The Balaban J connectivity index is 1.36. The number of rotatable bonds is 12. The minimum absolute atomic E-state index is 0.00317. The summed E-state index contributed by atoms with van der Waals surface area (Å²) in [6, 6.07) is 3.40. The second kappa shape index (κ2) is 12.1. The summed E-state index contributed by atoms with van der Waals surface area (Å²) in [7, 11) is 0. The molecule has 0 aromatic carbocycles. The molecule has 3 heterocycles. The lowest BCUT2D eigenvalue weighted by molar-refractivity contribution is -0.140. The van der Waals surface area contributed by atoms with Crippen LogP contribution < -0.4 is 10.6 Å². The van der Waals surface area contributed by atoms with Crippen molar-refractivity contribution in [3.05, 3.63) is 52.2 Å². The van der Waals surface area contributed by atoms with Crippen molar-refractivity contribution in [3.8, 4) is 0 Å². The molecule has 32 heavy (non-hydrogen) atoms. The molecule has 2 aromatic rings. The predicted molar refractivity (Wildman–Crippen MR) is 121 cm³/mol. The summed E-state index contributed by atoms with van der Waals surface area (Å²) in [6.07, 6.45) is 6.69. The lowest BCUT2D eigenvalue weighted by Gasteiger charge is -2.18. The lowest BCUT2D eigenvalue weighted by Crippen LogP contribution is -2.37. The van der Waals surface area contributed by atoms with Crippen LogP contribution in [0.25, 0.3) is 0 Å². The number of anilines is 1. The van der Waals surface area contributed by atoms with Crippen LogP contribution in [0.5, 0.6) is 0 Å². The molecule has 2 atom stereocenters. The smallest absolute Gasteiger partial charge is 0.320 e. The topological polar surface area (TPSA) is 96.4 Å². The van der Waals surface area contributed by atoms with E-state index in [1.165, 1.54) is 11.8 Å². The molecular weight excluding hydrogens is 435 g/mol. The zero-order valence-corrected chi connectivity index (χ0v) is 19.0. The van der Waals surface area contributed by atoms with E-state index in [1.807, 2.05) is 0 Å². The van der Waals surface area contributed by atoms with Crippen molar-refractivity contribution in [2.24, 2.45) is 5.92 Å². The maximum absolute atomic E-state index is 13.8. The Labute approximate surface area is 192 Å². The second-order valence-electron chi connectivity index (χ2n) is 8.20. The fraction of sp³-hybridized carbons (Fsp3) is 0.522. The van der Waals surface area contributed by atoms with Crippen LogP contribution in [0, 0.1) is 11.7 Å². The molecule has 0 aliphatic carbocycles. The van der Waals surface area contributed by atoms with Crippen molar-refractivity contribution in [2.45, 2.75) is 51.6 Å². The summed E-state index contributed by atoms with van der Waals surface area (Å²) in [5.74, 6) is -0.248. The molecule has 3 rings (SSSR count). The number of nitrogens with one attached hydrogen (secondary N) is 2. The average Bonchev–Trinajstić information content (AvgIpc) is 2.78. The summed E-state index contributed by atoms with van der Waals surface area (Å²) in [6.45, 7) is 3.92. The van der Waals surface area contributed by atoms with Crippen molar-refractivity contribution >= 4 is 23.4 Å².